The van der Waals surface area contributed by atoms with Crippen molar-refractivity contribution in [3.05, 3.63) is 95.1 Å². The molecule has 1 nitrogen and oxygen atoms in total. The first-order valence-electron chi connectivity index (χ1n) is 7.97. The molecular formula is C22H20O. The topological polar surface area (TPSA) is 17.1 Å². The standard InChI is InChI=1S/C22H20O/c1-2-7-18-15-21(19-10-6-11-22(23)16-19)13-12-20(18)14-17-8-4-3-5-9-17/h2-10,12-13,15-16H,11,14H2,1H3/b7-2-. The molecular weight excluding hydrogens is 280 g/mol. The second-order valence-corrected chi connectivity index (χ2v) is 5.75. The maximum Gasteiger partial charge on any atom is 0.160 e. The number of hydrogen-bond donors (Lipinski definition) is 0. The van der Waals surface area contributed by atoms with Crippen molar-refractivity contribution in [1.82, 2.24) is 0 Å². The summed E-state index contributed by atoms with van der Waals surface area (Å²) in [5, 5.41) is 0. The van der Waals surface area contributed by atoms with Crippen LogP contribution < -0.4 is 0 Å². The van der Waals surface area contributed by atoms with Crippen LogP contribution in [0.1, 0.15) is 35.6 Å². The zero-order valence-corrected chi connectivity index (χ0v) is 13.3. The lowest BCUT2D eigenvalue weighted by Crippen LogP contribution is -1.98. The van der Waals surface area contributed by atoms with Crippen LogP contribution in [-0.4, -0.2) is 5.78 Å². The fourth-order valence-corrected chi connectivity index (χ4v) is 2.85. The predicted octanol–water partition coefficient (Wildman–Crippen LogP) is 5.22. The lowest BCUT2D eigenvalue weighted by atomic mass is 9.93. The molecule has 1 aliphatic carbocycles. The Hall–Kier alpha value is -2.67. The highest BCUT2D eigenvalue weighted by Crippen LogP contribution is 2.25. The van der Waals surface area contributed by atoms with Crippen molar-refractivity contribution in [2.45, 2.75) is 19.8 Å². The Morgan fingerprint density at radius 1 is 1.09 bits per heavy atom. The zero-order chi connectivity index (χ0) is 16.1. The maximum atomic E-state index is 11.6. The van der Waals surface area contributed by atoms with Gasteiger partial charge in [0.25, 0.3) is 0 Å². The number of ketones is 1. The molecule has 0 amide bonds. The van der Waals surface area contributed by atoms with Crippen LogP contribution in [0.4, 0.5) is 0 Å². The smallest absolute Gasteiger partial charge is 0.160 e. The van der Waals surface area contributed by atoms with Gasteiger partial charge in [0.2, 0.25) is 0 Å². The van der Waals surface area contributed by atoms with Crippen molar-refractivity contribution < 1.29 is 4.79 Å². The molecule has 0 aromatic heterocycles. The van der Waals surface area contributed by atoms with Gasteiger partial charge in [0.1, 0.15) is 0 Å². The molecule has 0 atom stereocenters. The van der Waals surface area contributed by atoms with E-state index in [9.17, 15) is 4.79 Å². The summed E-state index contributed by atoms with van der Waals surface area (Å²) in [6.45, 7) is 2.03. The van der Waals surface area contributed by atoms with E-state index >= 15 is 0 Å². The second kappa shape index (κ2) is 7.06. The summed E-state index contributed by atoms with van der Waals surface area (Å²) < 4.78 is 0. The first-order valence-corrected chi connectivity index (χ1v) is 7.97. The van der Waals surface area contributed by atoms with E-state index in [0.29, 0.717) is 6.42 Å². The summed E-state index contributed by atoms with van der Waals surface area (Å²) in [5.41, 5.74) is 5.90. The minimum Gasteiger partial charge on any atom is -0.294 e. The van der Waals surface area contributed by atoms with Gasteiger partial charge in [-0.2, -0.15) is 0 Å². The average molecular weight is 300 g/mol. The number of carbonyl (C=O) groups is 1. The molecule has 114 valence electrons. The quantitative estimate of drug-likeness (QED) is 0.756. The van der Waals surface area contributed by atoms with Gasteiger partial charge >= 0.3 is 0 Å². The van der Waals surface area contributed by atoms with E-state index in [4.69, 9.17) is 0 Å². The van der Waals surface area contributed by atoms with Gasteiger partial charge in [-0.05, 0) is 53.3 Å². The molecule has 0 radical (unpaired) electrons. The van der Waals surface area contributed by atoms with Crippen LogP contribution in [0.15, 0.2) is 72.8 Å². The lowest BCUT2D eigenvalue weighted by Gasteiger charge is -2.12. The Morgan fingerprint density at radius 2 is 1.91 bits per heavy atom. The Kier molecular flexibility index (Phi) is 4.68. The molecule has 0 saturated carbocycles. The van der Waals surface area contributed by atoms with E-state index in [1.54, 1.807) is 6.08 Å². The fraction of sp³-hybridized carbons (Fsp3) is 0.136. The van der Waals surface area contributed by atoms with Crippen molar-refractivity contribution in [1.29, 1.82) is 0 Å². The van der Waals surface area contributed by atoms with E-state index in [-0.39, 0.29) is 5.78 Å². The molecule has 0 fully saturated rings. The first kappa shape index (κ1) is 15.2. The summed E-state index contributed by atoms with van der Waals surface area (Å²) in [5.74, 6) is 0.170. The van der Waals surface area contributed by atoms with Crippen LogP contribution in [0.5, 0.6) is 0 Å². The maximum absolute atomic E-state index is 11.6. The molecule has 0 N–H and O–H groups in total. The molecule has 23 heavy (non-hydrogen) atoms. The van der Waals surface area contributed by atoms with Crippen molar-refractivity contribution in [3.8, 4) is 0 Å². The Balaban J connectivity index is 1.96. The van der Waals surface area contributed by atoms with Gasteiger partial charge in [0.05, 0.1) is 0 Å². The average Bonchev–Trinajstić information content (AvgIpc) is 2.57. The van der Waals surface area contributed by atoms with Crippen molar-refractivity contribution >= 4 is 17.4 Å². The highest BCUT2D eigenvalue weighted by atomic mass is 16.1. The van der Waals surface area contributed by atoms with E-state index in [2.05, 4.69) is 54.6 Å². The van der Waals surface area contributed by atoms with Gasteiger partial charge in [-0.3, -0.25) is 4.79 Å². The second-order valence-electron chi connectivity index (χ2n) is 5.75. The molecule has 3 rings (SSSR count). The number of rotatable bonds is 4. The van der Waals surface area contributed by atoms with Crippen LogP contribution in [-0.2, 0) is 11.2 Å². The van der Waals surface area contributed by atoms with Crippen LogP contribution >= 0.6 is 0 Å². The van der Waals surface area contributed by atoms with Crippen LogP contribution in [0.3, 0.4) is 0 Å². The van der Waals surface area contributed by atoms with Crippen LogP contribution in [0, 0.1) is 0 Å². The van der Waals surface area contributed by atoms with Gasteiger partial charge in [0.15, 0.2) is 5.78 Å². The minimum absolute atomic E-state index is 0.170. The third-order valence-corrected chi connectivity index (χ3v) is 4.00. The summed E-state index contributed by atoms with van der Waals surface area (Å²) in [6.07, 6.45) is 11.3. The van der Waals surface area contributed by atoms with Gasteiger partial charge in [-0.1, -0.05) is 66.8 Å². The highest BCUT2D eigenvalue weighted by molar-refractivity contribution is 6.01. The molecule has 1 heteroatoms. The SMILES string of the molecule is C/C=C\c1cc(C2=CC(=O)CC=C2)ccc1Cc1ccccc1. The summed E-state index contributed by atoms with van der Waals surface area (Å²) in [7, 11) is 0. The molecule has 0 aliphatic heterocycles. The molecule has 2 aromatic rings. The molecule has 2 aromatic carbocycles. The number of allylic oxidation sites excluding steroid dienone is 5. The Morgan fingerprint density at radius 3 is 2.65 bits per heavy atom. The predicted molar refractivity (Wildman–Crippen MR) is 97.1 cm³/mol. The molecule has 1 aliphatic rings. The van der Waals surface area contributed by atoms with Crippen molar-refractivity contribution in [2.75, 3.05) is 0 Å². The zero-order valence-electron chi connectivity index (χ0n) is 13.3. The Labute approximate surface area is 137 Å². The summed E-state index contributed by atoms with van der Waals surface area (Å²) >= 11 is 0. The normalized spacial score (nSPS) is 14.3. The first-order chi connectivity index (χ1) is 11.3. The van der Waals surface area contributed by atoms with E-state index < -0.39 is 0 Å². The number of benzene rings is 2. The number of carbonyl (C=O) groups excluding carboxylic acids is 1. The fourth-order valence-electron chi connectivity index (χ4n) is 2.85. The molecule has 0 heterocycles. The summed E-state index contributed by atoms with van der Waals surface area (Å²) in [6, 6.07) is 16.9. The van der Waals surface area contributed by atoms with Crippen molar-refractivity contribution in [3.63, 3.8) is 0 Å². The largest absolute Gasteiger partial charge is 0.294 e. The van der Waals surface area contributed by atoms with Crippen molar-refractivity contribution in [2.24, 2.45) is 0 Å². The van der Waals surface area contributed by atoms with Gasteiger partial charge in [-0.25, -0.2) is 0 Å². The van der Waals surface area contributed by atoms with Crippen LogP contribution in [0.25, 0.3) is 11.6 Å². The molecule has 0 bridgehead atoms. The third kappa shape index (κ3) is 3.75. The number of hydrogen-bond acceptors (Lipinski definition) is 1. The van der Waals surface area contributed by atoms with Crippen LogP contribution in [0.2, 0.25) is 0 Å². The van der Waals surface area contributed by atoms with Gasteiger partial charge in [-0.15, -0.1) is 0 Å². The monoisotopic (exact) mass is 300 g/mol. The third-order valence-electron chi connectivity index (χ3n) is 4.00. The minimum atomic E-state index is 0.170. The lowest BCUT2D eigenvalue weighted by molar-refractivity contribution is -0.113. The Bertz CT molecular complexity index is 792. The van der Waals surface area contributed by atoms with Gasteiger partial charge < -0.3 is 0 Å². The highest BCUT2D eigenvalue weighted by Gasteiger charge is 2.09. The van der Waals surface area contributed by atoms with Gasteiger partial charge in [0, 0.05) is 6.42 Å². The van der Waals surface area contributed by atoms with E-state index in [1.165, 1.54) is 16.7 Å². The molecule has 0 unspecified atom stereocenters. The summed E-state index contributed by atoms with van der Waals surface area (Å²) in [4.78, 5) is 11.6. The molecule has 0 spiro atoms. The van der Waals surface area contributed by atoms with E-state index in [1.807, 2.05) is 25.1 Å². The van der Waals surface area contributed by atoms with E-state index in [0.717, 1.165) is 17.6 Å². The molecule has 0 saturated heterocycles.